The SMILES string of the molecule is CCC1=Cc2ccccc2C1C1C=Cc2ccccc21. The summed E-state index contributed by atoms with van der Waals surface area (Å²) in [7, 11) is 0. The molecule has 0 heterocycles. The van der Waals surface area contributed by atoms with Crippen molar-refractivity contribution in [1.29, 1.82) is 0 Å². The average molecular weight is 258 g/mol. The van der Waals surface area contributed by atoms with Gasteiger partial charge in [0.1, 0.15) is 0 Å². The second-order valence-corrected chi connectivity index (χ2v) is 5.69. The van der Waals surface area contributed by atoms with Gasteiger partial charge in [-0.1, -0.05) is 79.3 Å². The number of allylic oxidation sites excluding steroid dienone is 2. The molecule has 0 fully saturated rings. The molecule has 0 N–H and O–H groups in total. The summed E-state index contributed by atoms with van der Waals surface area (Å²) in [6.07, 6.45) is 8.20. The number of rotatable bonds is 2. The summed E-state index contributed by atoms with van der Waals surface area (Å²) >= 11 is 0. The maximum Gasteiger partial charge on any atom is 0.0161 e. The van der Waals surface area contributed by atoms with E-state index in [-0.39, 0.29) is 0 Å². The lowest BCUT2D eigenvalue weighted by molar-refractivity contribution is 0.702. The average Bonchev–Trinajstić information content (AvgIpc) is 3.07. The molecular formula is C20H18. The minimum atomic E-state index is 0.501. The Kier molecular flexibility index (Phi) is 2.63. The van der Waals surface area contributed by atoms with E-state index in [0.717, 1.165) is 6.42 Å². The van der Waals surface area contributed by atoms with E-state index in [1.54, 1.807) is 5.57 Å². The highest BCUT2D eigenvalue weighted by atomic mass is 14.4. The van der Waals surface area contributed by atoms with Crippen LogP contribution in [0.4, 0.5) is 0 Å². The molecule has 0 aromatic heterocycles. The molecule has 0 saturated carbocycles. The molecule has 20 heavy (non-hydrogen) atoms. The van der Waals surface area contributed by atoms with Gasteiger partial charge in [0.25, 0.3) is 0 Å². The van der Waals surface area contributed by atoms with E-state index in [1.807, 2.05) is 0 Å². The van der Waals surface area contributed by atoms with Crippen molar-refractivity contribution in [2.45, 2.75) is 25.2 Å². The third-order valence-corrected chi connectivity index (χ3v) is 4.68. The van der Waals surface area contributed by atoms with E-state index in [9.17, 15) is 0 Å². The van der Waals surface area contributed by atoms with Gasteiger partial charge >= 0.3 is 0 Å². The van der Waals surface area contributed by atoms with E-state index in [4.69, 9.17) is 0 Å². The number of benzene rings is 2. The van der Waals surface area contributed by atoms with Crippen LogP contribution in [0.15, 0.2) is 60.2 Å². The monoisotopic (exact) mass is 258 g/mol. The van der Waals surface area contributed by atoms with E-state index >= 15 is 0 Å². The molecule has 2 aliphatic rings. The highest BCUT2D eigenvalue weighted by molar-refractivity contribution is 5.71. The van der Waals surface area contributed by atoms with E-state index < -0.39 is 0 Å². The molecule has 0 spiro atoms. The Labute approximate surface area is 120 Å². The minimum absolute atomic E-state index is 0.501. The summed E-state index contributed by atoms with van der Waals surface area (Å²) in [5, 5.41) is 0. The van der Waals surface area contributed by atoms with Gasteiger partial charge in [0, 0.05) is 11.8 Å². The third kappa shape index (κ3) is 1.61. The highest BCUT2D eigenvalue weighted by Crippen LogP contribution is 2.49. The summed E-state index contributed by atoms with van der Waals surface area (Å²) in [5.41, 5.74) is 7.34. The lowest BCUT2D eigenvalue weighted by atomic mass is 9.80. The lowest BCUT2D eigenvalue weighted by Gasteiger charge is -2.23. The van der Waals surface area contributed by atoms with Gasteiger partial charge in [0.15, 0.2) is 0 Å². The number of hydrogen-bond acceptors (Lipinski definition) is 0. The third-order valence-electron chi connectivity index (χ3n) is 4.68. The molecule has 2 atom stereocenters. The smallest absolute Gasteiger partial charge is 0.0161 e. The summed E-state index contributed by atoms with van der Waals surface area (Å²) < 4.78 is 0. The van der Waals surface area contributed by atoms with E-state index in [2.05, 4.69) is 73.7 Å². The van der Waals surface area contributed by atoms with Gasteiger partial charge in [-0.3, -0.25) is 0 Å². The minimum Gasteiger partial charge on any atom is -0.0754 e. The van der Waals surface area contributed by atoms with Crippen LogP contribution < -0.4 is 0 Å². The van der Waals surface area contributed by atoms with Crippen molar-refractivity contribution in [2.24, 2.45) is 0 Å². The second-order valence-electron chi connectivity index (χ2n) is 5.69. The van der Waals surface area contributed by atoms with E-state index in [1.165, 1.54) is 22.3 Å². The van der Waals surface area contributed by atoms with Gasteiger partial charge < -0.3 is 0 Å². The number of fused-ring (bicyclic) bond motifs is 2. The maximum atomic E-state index is 2.40. The van der Waals surface area contributed by atoms with Crippen molar-refractivity contribution in [3.8, 4) is 0 Å². The first-order chi connectivity index (χ1) is 9.88. The van der Waals surface area contributed by atoms with Crippen molar-refractivity contribution >= 4 is 12.2 Å². The molecular weight excluding hydrogens is 240 g/mol. The van der Waals surface area contributed by atoms with Crippen LogP contribution >= 0.6 is 0 Å². The molecule has 2 aromatic carbocycles. The quantitative estimate of drug-likeness (QED) is 0.677. The summed E-state index contributed by atoms with van der Waals surface area (Å²) in [5.74, 6) is 1.03. The predicted molar refractivity (Wildman–Crippen MR) is 85.7 cm³/mol. The van der Waals surface area contributed by atoms with Crippen LogP contribution in [0.25, 0.3) is 12.2 Å². The Hall–Kier alpha value is -2.08. The first kappa shape index (κ1) is 11.7. The van der Waals surface area contributed by atoms with Gasteiger partial charge in [-0.25, -0.2) is 0 Å². The Balaban J connectivity index is 1.83. The van der Waals surface area contributed by atoms with Crippen LogP contribution in [-0.4, -0.2) is 0 Å². The van der Waals surface area contributed by atoms with Gasteiger partial charge in [0.05, 0.1) is 0 Å². The Morgan fingerprint density at radius 1 is 0.850 bits per heavy atom. The molecule has 0 radical (unpaired) electrons. The summed E-state index contributed by atoms with van der Waals surface area (Å²) in [6, 6.07) is 17.7. The fraction of sp³-hybridized carbons (Fsp3) is 0.200. The first-order valence-corrected chi connectivity index (χ1v) is 7.45. The van der Waals surface area contributed by atoms with Gasteiger partial charge in [-0.15, -0.1) is 0 Å². The van der Waals surface area contributed by atoms with Gasteiger partial charge in [0.2, 0.25) is 0 Å². The topological polar surface area (TPSA) is 0 Å². The van der Waals surface area contributed by atoms with Crippen LogP contribution in [0.3, 0.4) is 0 Å². The molecule has 0 heteroatoms. The molecule has 2 aliphatic carbocycles. The molecule has 2 aromatic rings. The zero-order valence-electron chi connectivity index (χ0n) is 11.7. The largest absolute Gasteiger partial charge is 0.0754 e. The fourth-order valence-electron chi connectivity index (χ4n) is 3.73. The van der Waals surface area contributed by atoms with Crippen molar-refractivity contribution in [3.63, 3.8) is 0 Å². The highest BCUT2D eigenvalue weighted by Gasteiger charge is 2.33. The van der Waals surface area contributed by atoms with Gasteiger partial charge in [-0.05, 0) is 28.7 Å². The van der Waals surface area contributed by atoms with Crippen LogP contribution in [-0.2, 0) is 0 Å². The zero-order valence-corrected chi connectivity index (χ0v) is 11.7. The normalized spacial score (nSPS) is 22.6. The molecule has 0 bridgehead atoms. The summed E-state index contributed by atoms with van der Waals surface area (Å²) in [4.78, 5) is 0. The van der Waals surface area contributed by atoms with Crippen molar-refractivity contribution < 1.29 is 0 Å². The lowest BCUT2D eigenvalue weighted by Crippen LogP contribution is -2.08. The Morgan fingerprint density at radius 3 is 2.35 bits per heavy atom. The second kappa shape index (κ2) is 4.49. The predicted octanol–water partition coefficient (Wildman–Crippen LogP) is 5.39. The zero-order chi connectivity index (χ0) is 13.5. The van der Waals surface area contributed by atoms with Crippen LogP contribution in [0.5, 0.6) is 0 Å². The number of hydrogen-bond donors (Lipinski definition) is 0. The van der Waals surface area contributed by atoms with Crippen molar-refractivity contribution in [3.05, 3.63) is 82.4 Å². The molecule has 0 amide bonds. The van der Waals surface area contributed by atoms with Crippen LogP contribution in [0.1, 0.15) is 47.4 Å². The Bertz CT molecular complexity index is 718. The Morgan fingerprint density at radius 2 is 1.55 bits per heavy atom. The first-order valence-electron chi connectivity index (χ1n) is 7.45. The van der Waals surface area contributed by atoms with Crippen molar-refractivity contribution in [1.82, 2.24) is 0 Å². The van der Waals surface area contributed by atoms with Crippen molar-refractivity contribution in [2.75, 3.05) is 0 Å². The molecule has 98 valence electrons. The standard InChI is InChI=1S/C20H18/c1-2-14-13-16-8-4-6-10-18(16)20(14)19-12-11-15-7-3-5-9-17(15)19/h3-13,19-20H,2H2,1H3. The molecule has 0 saturated heterocycles. The fourth-order valence-corrected chi connectivity index (χ4v) is 3.73. The molecule has 0 nitrogen and oxygen atoms in total. The van der Waals surface area contributed by atoms with Gasteiger partial charge in [-0.2, -0.15) is 0 Å². The molecule has 4 rings (SSSR count). The maximum absolute atomic E-state index is 2.40. The van der Waals surface area contributed by atoms with Crippen LogP contribution in [0, 0.1) is 0 Å². The molecule has 0 aliphatic heterocycles. The van der Waals surface area contributed by atoms with E-state index in [0.29, 0.717) is 11.8 Å². The van der Waals surface area contributed by atoms with Crippen LogP contribution in [0.2, 0.25) is 0 Å². The summed E-state index contributed by atoms with van der Waals surface area (Å²) in [6.45, 7) is 2.27. The molecule has 2 unspecified atom stereocenters.